The number of amides is 2. The van der Waals surface area contributed by atoms with Gasteiger partial charge >= 0.3 is 0 Å². The number of hydrogen-bond acceptors (Lipinski definition) is 6. The van der Waals surface area contributed by atoms with Crippen LogP contribution in [-0.4, -0.2) is 16.8 Å². The van der Waals surface area contributed by atoms with Gasteiger partial charge in [0.2, 0.25) is 0 Å². The number of para-hydroxylation sites is 1. The van der Waals surface area contributed by atoms with Gasteiger partial charge in [0.1, 0.15) is 5.52 Å². The van der Waals surface area contributed by atoms with Crippen LogP contribution in [0, 0.1) is 6.92 Å². The second-order valence-corrected chi connectivity index (χ2v) is 6.57. The van der Waals surface area contributed by atoms with E-state index in [9.17, 15) is 9.59 Å². The van der Waals surface area contributed by atoms with E-state index in [0.717, 1.165) is 5.56 Å². The van der Waals surface area contributed by atoms with E-state index >= 15 is 0 Å². The third-order valence-corrected chi connectivity index (χ3v) is 4.87. The number of carbonyl (C=O) groups is 2. The number of rotatable bonds is 4. The van der Waals surface area contributed by atoms with Crippen LogP contribution in [0.15, 0.2) is 57.9 Å². The number of fused-ring (bicyclic) bond motifs is 1. The Bertz CT molecular complexity index is 1100. The van der Waals surface area contributed by atoms with E-state index in [1.165, 1.54) is 24.0 Å². The van der Waals surface area contributed by atoms with Crippen molar-refractivity contribution in [1.82, 2.24) is 4.98 Å². The molecule has 0 aliphatic rings. The van der Waals surface area contributed by atoms with Crippen molar-refractivity contribution in [2.45, 2.75) is 6.92 Å². The summed E-state index contributed by atoms with van der Waals surface area (Å²) in [6.45, 7) is 1.81. The lowest BCUT2D eigenvalue weighted by molar-refractivity contribution is 0.0995. The third-order valence-electron chi connectivity index (χ3n) is 3.71. The van der Waals surface area contributed by atoms with Crippen molar-refractivity contribution in [3.8, 4) is 0 Å². The first-order valence-electron chi connectivity index (χ1n) is 7.70. The number of thiophene rings is 1. The van der Waals surface area contributed by atoms with Crippen LogP contribution in [0.2, 0.25) is 0 Å². The monoisotopic (exact) mass is 367 g/mol. The molecule has 2 N–H and O–H groups in total. The lowest BCUT2D eigenvalue weighted by Crippen LogP contribution is -2.11. The summed E-state index contributed by atoms with van der Waals surface area (Å²) in [5.41, 5.74) is 2.50. The van der Waals surface area contributed by atoms with Gasteiger partial charge in [0.05, 0.1) is 21.8 Å². The predicted molar refractivity (Wildman–Crippen MR) is 97.7 cm³/mol. The standard InChI is InChI=1S/C18H13N3O4S/c1-10-8-14(21-17(22)13-6-3-7-24-13)26-16(10)18(23)20-11-4-2-5-12-15(11)19-9-25-12/h2-9H,1H3,(H,20,23)(H,21,22). The van der Waals surface area contributed by atoms with Crippen molar-refractivity contribution in [2.75, 3.05) is 10.6 Å². The number of anilines is 2. The zero-order valence-electron chi connectivity index (χ0n) is 13.6. The molecule has 130 valence electrons. The van der Waals surface area contributed by atoms with Crippen LogP contribution in [-0.2, 0) is 0 Å². The lowest BCUT2D eigenvalue weighted by Gasteiger charge is -2.04. The van der Waals surface area contributed by atoms with Gasteiger partial charge in [-0.3, -0.25) is 9.59 Å². The zero-order chi connectivity index (χ0) is 18.1. The number of aryl methyl sites for hydroxylation is 1. The molecule has 0 aliphatic carbocycles. The second-order valence-electron chi connectivity index (χ2n) is 5.51. The van der Waals surface area contributed by atoms with Crippen molar-refractivity contribution < 1.29 is 18.4 Å². The fraction of sp³-hybridized carbons (Fsp3) is 0.0556. The minimum atomic E-state index is -0.365. The van der Waals surface area contributed by atoms with Crippen LogP contribution in [0.5, 0.6) is 0 Å². The van der Waals surface area contributed by atoms with E-state index in [4.69, 9.17) is 8.83 Å². The summed E-state index contributed by atoms with van der Waals surface area (Å²) in [6, 6.07) is 10.3. The van der Waals surface area contributed by atoms with Crippen LogP contribution in [0.4, 0.5) is 10.7 Å². The highest BCUT2D eigenvalue weighted by molar-refractivity contribution is 7.18. The quantitative estimate of drug-likeness (QED) is 0.561. The highest BCUT2D eigenvalue weighted by Crippen LogP contribution is 2.29. The molecule has 0 atom stereocenters. The Morgan fingerprint density at radius 2 is 1.96 bits per heavy atom. The molecule has 0 spiro atoms. The summed E-state index contributed by atoms with van der Waals surface area (Å²) in [6.07, 6.45) is 2.76. The topological polar surface area (TPSA) is 97.4 Å². The second kappa shape index (κ2) is 6.49. The Morgan fingerprint density at radius 3 is 2.77 bits per heavy atom. The minimum absolute atomic E-state index is 0.208. The van der Waals surface area contributed by atoms with Crippen LogP contribution >= 0.6 is 11.3 Å². The van der Waals surface area contributed by atoms with Gasteiger partial charge in [-0.05, 0) is 42.8 Å². The van der Waals surface area contributed by atoms with Crippen LogP contribution in [0.3, 0.4) is 0 Å². The molecule has 0 saturated carbocycles. The maximum Gasteiger partial charge on any atom is 0.291 e. The number of aromatic nitrogens is 1. The highest BCUT2D eigenvalue weighted by Gasteiger charge is 2.18. The molecule has 0 bridgehead atoms. The molecular weight excluding hydrogens is 354 g/mol. The van der Waals surface area contributed by atoms with Gasteiger partial charge < -0.3 is 19.5 Å². The van der Waals surface area contributed by atoms with Gasteiger partial charge in [0.25, 0.3) is 11.8 Å². The summed E-state index contributed by atoms with van der Waals surface area (Å²) in [5, 5.41) is 6.13. The molecule has 0 fully saturated rings. The zero-order valence-corrected chi connectivity index (χ0v) is 14.4. The number of nitrogens with zero attached hydrogens (tertiary/aromatic N) is 1. The maximum atomic E-state index is 12.6. The van der Waals surface area contributed by atoms with Crippen molar-refractivity contribution in [3.05, 3.63) is 65.3 Å². The largest absolute Gasteiger partial charge is 0.459 e. The van der Waals surface area contributed by atoms with E-state index in [0.29, 0.717) is 26.7 Å². The van der Waals surface area contributed by atoms with E-state index < -0.39 is 0 Å². The summed E-state index contributed by atoms with van der Waals surface area (Å²) < 4.78 is 10.3. The van der Waals surface area contributed by atoms with Gasteiger partial charge in [-0.15, -0.1) is 11.3 Å². The van der Waals surface area contributed by atoms with Crippen LogP contribution in [0.25, 0.3) is 11.1 Å². The molecule has 0 radical (unpaired) electrons. The molecule has 2 amide bonds. The fourth-order valence-corrected chi connectivity index (χ4v) is 3.48. The Morgan fingerprint density at radius 1 is 1.08 bits per heavy atom. The Kier molecular flexibility index (Phi) is 4.02. The Balaban J connectivity index is 1.54. The van der Waals surface area contributed by atoms with Crippen molar-refractivity contribution in [3.63, 3.8) is 0 Å². The van der Waals surface area contributed by atoms with Crippen molar-refractivity contribution in [1.29, 1.82) is 0 Å². The fourth-order valence-electron chi connectivity index (χ4n) is 2.52. The minimum Gasteiger partial charge on any atom is -0.459 e. The molecular formula is C18H13N3O4S. The predicted octanol–water partition coefficient (Wildman–Crippen LogP) is 4.30. The number of oxazole rings is 1. The molecule has 1 aromatic carbocycles. The molecule has 3 aromatic heterocycles. The first kappa shape index (κ1) is 16.1. The normalized spacial score (nSPS) is 10.8. The molecule has 0 saturated heterocycles. The molecule has 0 aliphatic heterocycles. The maximum absolute atomic E-state index is 12.6. The van der Waals surface area contributed by atoms with E-state index in [-0.39, 0.29) is 17.6 Å². The van der Waals surface area contributed by atoms with Gasteiger partial charge in [-0.1, -0.05) is 6.07 Å². The van der Waals surface area contributed by atoms with Crippen LogP contribution in [0.1, 0.15) is 25.8 Å². The van der Waals surface area contributed by atoms with Gasteiger partial charge in [-0.25, -0.2) is 4.98 Å². The first-order valence-corrected chi connectivity index (χ1v) is 8.52. The third kappa shape index (κ3) is 2.98. The van der Waals surface area contributed by atoms with Gasteiger partial charge in [0, 0.05) is 0 Å². The summed E-state index contributed by atoms with van der Waals surface area (Å²) >= 11 is 1.19. The molecule has 3 heterocycles. The van der Waals surface area contributed by atoms with E-state index in [1.807, 2.05) is 6.92 Å². The molecule has 8 heteroatoms. The number of hydrogen-bond donors (Lipinski definition) is 2. The number of carbonyl (C=O) groups excluding carboxylic acids is 2. The van der Waals surface area contributed by atoms with Gasteiger partial charge in [-0.2, -0.15) is 0 Å². The molecule has 0 unspecified atom stereocenters. The first-order chi connectivity index (χ1) is 12.6. The SMILES string of the molecule is Cc1cc(NC(=O)c2ccco2)sc1C(=O)Nc1cccc2ocnc12. The van der Waals surface area contributed by atoms with Crippen LogP contribution < -0.4 is 10.6 Å². The molecule has 4 rings (SSSR count). The smallest absolute Gasteiger partial charge is 0.291 e. The van der Waals surface area contributed by atoms with Crippen molar-refractivity contribution >= 4 is 44.9 Å². The van der Waals surface area contributed by atoms with Crippen molar-refractivity contribution in [2.24, 2.45) is 0 Å². The summed E-state index contributed by atoms with van der Waals surface area (Å²) in [5.74, 6) is -0.433. The Hall–Kier alpha value is -3.39. The number of benzene rings is 1. The van der Waals surface area contributed by atoms with Gasteiger partial charge in [0.15, 0.2) is 17.7 Å². The van der Waals surface area contributed by atoms with E-state index in [2.05, 4.69) is 15.6 Å². The number of nitrogens with one attached hydrogen (secondary N) is 2. The average Bonchev–Trinajstić information content (AvgIpc) is 3.35. The molecule has 4 aromatic rings. The summed E-state index contributed by atoms with van der Waals surface area (Å²) in [4.78, 5) is 29.3. The Labute approximate surface area is 151 Å². The number of furan rings is 1. The van der Waals surface area contributed by atoms with E-state index in [1.54, 1.807) is 36.4 Å². The molecule has 7 nitrogen and oxygen atoms in total. The lowest BCUT2D eigenvalue weighted by atomic mass is 10.2. The molecule has 26 heavy (non-hydrogen) atoms. The average molecular weight is 367 g/mol. The summed E-state index contributed by atoms with van der Waals surface area (Å²) in [7, 11) is 0. The highest BCUT2D eigenvalue weighted by atomic mass is 32.1.